The fourth-order valence-electron chi connectivity index (χ4n) is 2.20. The SMILES string of the molecule is Cc1nc2c(cc(C)c3n[se]nc32)c2n[se]nc12. The summed E-state index contributed by atoms with van der Waals surface area (Å²) >= 11 is -0.0527. The van der Waals surface area contributed by atoms with E-state index in [4.69, 9.17) is 0 Å². The third kappa shape index (κ3) is 1.30. The van der Waals surface area contributed by atoms with E-state index < -0.39 is 0 Å². The molecule has 0 amide bonds. The Bertz CT molecular complexity index is 832. The zero-order valence-electron chi connectivity index (χ0n) is 9.63. The molecule has 4 aromatic rings. The standard InChI is InChI=1S/C11H7N5Se2/c1-4-3-6-9(11-7(4)13-17-16-11)12-5(2)8-10(6)15-18-14-8/h3H,1-2H3. The van der Waals surface area contributed by atoms with Gasteiger partial charge in [-0.25, -0.2) is 0 Å². The number of hydrogen-bond donors (Lipinski definition) is 0. The number of rotatable bonds is 0. The van der Waals surface area contributed by atoms with Gasteiger partial charge in [-0.3, -0.25) is 0 Å². The summed E-state index contributed by atoms with van der Waals surface area (Å²) in [6.45, 7) is 4.06. The Kier molecular flexibility index (Phi) is 2.20. The van der Waals surface area contributed by atoms with E-state index in [1.807, 2.05) is 6.92 Å². The van der Waals surface area contributed by atoms with Crippen molar-refractivity contribution in [2.75, 3.05) is 0 Å². The van der Waals surface area contributed by atoms with Crippen LogP contribution in [0.1, 0.15) is 11.3 Å². The fraction of sp³-hybridized carbons (Fsp3) is 0.182. The van der Waals surface area contributed by atoms with Crippen molar-refractivity contribution in [3.05, 3.63) is 17.3 Å². The van der Waals surface area contributed by atoms with Crippen LogP contribution in [0.5, 0.6) is 0 Å². The second-order valence-corrected chi connectivity index (χ2v) is 6.43. The number of fused-ring (bicyclic) bond motifs is 5. The predicted molar refractivity (Wildman–Crippen MR) is 71.3 cm³/mol. The van der Waals surface area contributed by atoms with Crippen molar-refractivity contribution in [2.24, 2.45) is 0 Å². The summed E-state index contributed by atoms with van der Waals surface area (Å²) in [6.07, 6.45) is 0. The second-order valence-electron chi connectivity index (χ2n) is 4.21. The van der Waals surface area contributed by atoms with Gasteiger partial charge in [-0.2, -0.15) is 0 Å². The second kappa shape index (κ2) is 3.68. The Morgan fingerprint density at radius 3 is 2.28 bits per heavy atom. The van der Waals surface area contributed by atoms with Gasteiger partial charge in [-0.05, 0) is 0 Å². The van der Waals surface area contributed by atoms with E-state index in [0.717, 1.165) is 44.2 Å². The molecule has 3 heterocycles. The zero-order chi connectivity index (χ0) is 12.3. The van der Waals surface area contributed by atoms with Gasteiger partial charge in [0.2, 0.25) is 0 Å². The molecule has 1 aromatic carbocycles. The molecule has 0 atom stereocenters. The van der Waals surface area contributed by atoms with E-state index in [0.29, 0.717) is 0 Å². The van der Waals surface area contributed by atoms with Gasteiger partial charge in [-0.1, -0.05) is 0 Å². The average molecular weight is 367 g/mol. The van der Waals surface area contributed by atoms with Crippen LogP contribution in [-0.2, 0) is 0 Å². The third-order valence-electron chi connectivity index (χ3n) is 3.07. The first kappa shape index (κ1) is 10.8. The molecule has 5 nitrogen and oxygen atoms in total. The molecule has 0 bridgehead atoms. The van der Waals surface area contributed by atoms with Gasteiger partial charge < -0.3 is 0 Å². The summed E-state index contributed by atoms with van der Waals surface area (Å²) in [4.78, 5) is 4.67. The molecule has 18 heavy (non-hydrogen) atoms. The maximum atomic E-state index is 4.67. The van der Waals surface area contributed by atoms with E-state index in [9.17, 15) is 0 Å². The van der Waals surface area contributed by atoms with Crippen LogP contribution in [0, 0.1) is 13.8 Å². The predicted octanol–water partition coefficient (Wildman–Crippen LogP) is 0.852. The number of pyridine rings is 1. The quantitative estimate of drug-likeness (QED) is 0.432. The van der Waals surface area contributed by atoms with Crippen molar-refractivity contribution in [3.63, 3.8) is 0 Å². The molecule has 0 aliphatic heterocycles. The molecule has 88 valence electrons. The monoisotopic (exact) mass is 369 g/mol. The van der Waals surface area contributed by atoms with Crippen molar-refractivity contribution in [2.45, 2.75) is 13.8 Å². The molecular formula is C11H7N5Se2. The summed E-state index contributed by atoms with van der Waals surface area (Å²) < 4.78 is 18.0. The van der Waals surface area contributed by atoms with Crippen LogP contribution < -0.4 is 0 Å². The Morgan fingerprint density at radius 2 is 1.44 bits per heavy atom. The van der Waals surface area contributed by atoms with Gasteiger partial charge in [0, 0.05) is 0 Å². The molecule has 0 aliphatic rings. The van der Waals surface area contributed by atoms with Crippen LogP contribution in [0.3, 0.4) is 0 Å². The van der Waals surface area contributed by atoms with Crippen LogP contribution in [0.2, 0.25) is 0 Å². The van der Waals surface area contributed by atoms with E-state index in [1.54, 1.807) is 0 Å². The van der Waals surface area contributed by atoms with Crippen LogP contribution in [0.4, 0.5) is 0 Å². The number of aromatic nitrogens is 5. The zero-order valence-corrected chi connectivity index (χ0v) is 13.1. The minimum absolute atomic E-state index is 0.0264. The normalized spacial score (nSPS) is 11.9. The van der Waals surface area contributed by atoms with Crippen molar-refractivity contribution in [1.29, 1.82) is 0 Å². The molecule has 4 rings (SSSR count). The molecule has 0 N–H and O–H groups in total. The average Bonchev–Trinajstić information content (AvgIpc) is 2.98. The summed E-state index contributed by atoms with van der Waals surface area (Å²) in [5.74, 6) is 0. The third-order valence-corrected chi connectivity index (χ3v) is 5.29. The van der Waals surface area contributed by atoms with Crippen molar-refractivity contribution in [1.82, 2.24) is 20.9 Å². The van der Waals surface area contributed by atoms with Gasteiger partial charge in [0.1, 0.15) is 0 Å². The maximum absolute atomic E-state index is 4.67. The van der Waals surface area contributed by atoms with Crippen LogP contribution >= 0.6 is 0 Å². The topological polar surface area (TPSA) is 64.5 Å². The Labute approximate surface area is 115 Å². The first-order valence-corrected chi connectivity index (χ1v) is 8.46. The Hall–Kier alpha value is -1.13. The fourth-order valence-corrected chi connectivity index (χ4v) is 4.75. The van der Waals surface area contributed by atoms with Gasteiger partial charge in [0.15, 0.2) is 0 Å². The molecule has 0 saturated heterocycles. The molecule has 7 heteroatoms. The molecule has 0 fully saturated rings. The molecule has 0 spiro atoms. The first-order chi connectivity index (χ1) is 8.75. The van der Waals surface area contributed by atoms with Crippen molar-refractivity contribution >= 4 is 62.9 Å². The summed E-state index contributed by atoms with van der Waals surface area (Å²) in [7, 11) is 0. The van der Waals surface area contributed by atoms with Gasteiger partial charge in [-0.15, -0.1) is 0 Å². The minimum atomic E-state index is -0.0264. The first-order valence-electron chi connectivity index (χ1n) is 5.40. The Morgan fingerprint density at radius 1 is 0.778 bits per heavy atom. The number of aryl methyl sites for hydroxylation is 2. The molecule has 0 radical (unpaired) electrons. The van der Waals surface area contributed by atoms with Crippen molar-refractivity contribution < 1.29 is 0 Å². The van der Waals surface area contributed by atoms with Crippen LogP contribution in [-0.4, -0.2) is 50.8 Å². The molecule has 0 unspecified atom stereocenters. The van der Waals surface area contributed by atoms with Crippen LogP contribution in [0.25, 0.3) is 33.0 Å². The number of nitrogens with zero attached hydrogens (tertiary/aromatic N) is 5. The number of benzene rings is 1. The van der Waals surface area contributed by atoms with E-state index in [-0.39, 0.29) is 29.9 Å². The van der Waals surface area contributed by atoms with E-state index in [2.05, 4.69) is 33.9 Å². The molecule has 0 saturated carbocycles. The van der Waals surface area contributed by atoms with Gasteiger partial charge >= 0.3 is 115 Å². The number of hydrogen-bond acceptors (Lipinski definition) is 5. The van der Waals surface area contributed by atoms with Gasteiger partial charge in [0.05, 0.1) is 0 Å². The molecule has 3 aromatic heterocycles. The van der Waals surface area contributed by atoms with E-state index >= 15 is 0 Å². The summed E-state index contributed by atoms with van der Waals surface area (Å²) in [5.41, 5.74) is 6.96. The Balaban J connectivity index is 2.40. The van der Waals surface area contributed by atoms with Gasteiger partial charge in [0.25, 0.3) is 0 Å². The molecule has 0 aliphatic carbocycles. The summed E-state index contributed by atoms with van der Waals surface area (Å²) in [6, 6.07) is 2.13. The van der Waals surface area contributed by atoms with Crippen LogP contribution in [0.15, 0.2) is 6.07 Å². The molecular weight excluding hydrogens is 360 g/mol. The summed E-state index contributed by atoms with van der Waals surface area (Å²) in [5, 5.41) is 1.08. The van der Waals surface area contributed by atoms with E-state index in [1.165, 1.54) is 0 Å². The van der Waals surface area contributed by atoms with Crippen molar-refractivity contribution in [3.8, 4) is 0 Å².